The van der Waals surface area contributed by atoms with E-state index in [9.17, 15) is 13.6 Å². The summed E-state index contributed by atoms with van der Waals surface area (Å²) in [5.74, 6) is -1.79. The molecule has 1 saturated heterocycles. The van der Waals surface area contributed by atoms with Gasteiger partial charge in [0.2, 0.25) is 0 Å². The Labute approximate surface area is 168 Å². The van der Waals surface area contributed by atoms with E-state index in [0.717, 1.165) is 25.2 Å². The van der Waals surface area contributed by atoms with Gasteiger partial charge >= 0.3 is 0 Å². The molecule has 1 unspecified atom stereocenters. The Hall–Kier alpha value is -2.48. The van der Waals surface area contributed by atoms with Crippen LogP contribution in [-0.4, -0.2) is 46.1 Å². The Morgan fingerprint density at radius 3 is 2.66 bits per heavy atom. The molecule has 1 atom stereocenters. The smallest absolute Gasteiger partial charge is 0.255 e. The number of aryl methyl sites for hydroxylation is 1. The Morgan fingerprint density at radius 1 is 1.21 bits per heavy atom. The van der Waals surface area contributed by atoms with Crippen molar-refractivity contribution >= 4 is 5.78 Å². The molecule has 154 valence electrons. The summed E-state index contributed by atoms with van der Waals surface area (Å²) in [6, 6.07) is 7.15. The van der Waals surface area contributed by atoms with Crippen molar-refractivity contribution in [2.45, 2.75) is 57.0 Å². The van der Waals surface area contributed by atoms with Crippen molar-refractivity contribution in [3.63, 3.8) is 0 Å². The molecule has 2 fully saturated rings. The number of alkyl halides is 2. The van der Waals surface area contributed by atoms with E-state index in [-0.39, 0.29) is 31.5 Å². The van der Waals surface area contributed by atoms with Crippen LogP contribution in [0.15, 0.2) is 24.3 Å². The van der Waals surface area contributed by atoms with Crippen LogP contribution in [0.2, 0.25) is 0 Å². The Kier molecular flexibility index (Phi) is 5.54. The number of hydrogen-bond acceptors (Lipinski definition) is 6. The summed E-state index contributed by atoms with van der Waals surface area (Å²) in [7, 11) is 0. The summed E-state index contributed by atoms with van der Waals surface area (Å²) >= 11 is 0. The minimum atomic E-state index is -2.63. The van der Waals surface area contributed by atoms with E-state index in [1.807, 2.05) is 12.1 Å². The van der Waals surface area contributed by atoms with Crippen molar-refractivity contribution in [2.75, 3.05) is 13.1 Å². The molecule has 2 aromatic heterocycles. The molecule has 4 rings (SSSR count). The zero-order chi connectivity index (χ0) is 20.4. The van der Waals surface area contributed by atoms with Crippen LogP contribution in [-0.2, 0) is 17.6 Å². The number of ether oxygens (including phenoxy) is 1. The second kappa shape index (κ2) is 8.10. The molecule has 29 heavy (non-hydrogen) atoms. The van der Waals surface area contributed by atoms with Gasteiger partial charge in [0.15, 0.2) is 0 Å². The minimum absolute atomic E-state index is 0.0335. The average Bonchev–Trinajstić information content (AvgIpc) is 3.15. The number of ketones is 1. The Bertz CT molecular complexity index is 875. The van der Waals surface area contributed by atoms with Crippen LogP contribution in [0.25, 0.3) is 0 Å². The predicted molar refractivity (Wildman–Crippen MR) is 102 cm³/mol. The second-order valence-electron chi connectivity index (χ2n) is 7.97. The molecule has 1 aliphatic heterocycles. The fourth-order valence-corrected chi connectivity index (χ4v) is 3.80. The largest absolute Gasteiger partial charge is 0.490 e. The lowest BCUT2D eigenvalue weighted by atomic mass is 9.91. The monoisotopic (exact) mass is 402 g/mol. The first-order chi connectivity index (χ1) is 13.9. The van der Waals surface area contributed by atoms with Crippen LogP contribution >= 0.6 is 0 Å². The van der Waals surface area contributed by atoms with Gasteiger partial charge < -0.3 is 10.1 Å². The molecule has 3 heterocycles. The standard InChI is InChI=1S/C21H24F2N4O2/c1-13-6-18(29-19-10-21(22,23)11-19)9-16(25-13)8-17(28)7-15-2-3-20(27-26-15)14-4-5-24-12-14/h2-3,6,9,14,19,24H,4-5,7-8,10-12H2,1H3. The summed E-state index contributed by atoms with van der Waals surface area (Å²) in [4.78, 5) is 16.8. The molecule has 0 bridgehead atoms. The highest BCUT2D eigenvalue weighted by Crippen LogP contribution is 2.39. The number of pyridine rings is 1. The normalized spacial score (nSPS) is 21.0. The molecule has 0 radical (unpaired) electrons. The van der Waals surface area contributed by atoms with Crippen molar-refractivity contribution in [2.24, 2.45) is 0 Å². The van der Waals surface area contributed by atoms with E-state index in [4.69, 9.17) is 4.74 Å². The van der Waals surface area contributed by atoms with Crippen molar-refractivity contribution in [3.8, 4) is 5.75 Å². The van der Waals surface area contributed by atoms with Gasteiger partial charge in [-0.05, 0) is 32.0 Å². The first kappa shape index (κ1) is 19.8. The zero-order valence-corrected chi connectivity index (χ0v) is 16.3. The van der Waals surface area contributed by atoms with Crippen molar-refractivity contribution in [1.82, 2.24) is 20.5 Å². The number of rotatable bonds is 7. The summed E-state index contributed by atoms with van der Waals surface area (Å²) in [5, 5.41) is 11.8. The highest BCUT2D eigenvalue weighted by Gasteiger charge is 2.47. The van der Waals surface area contributed by atoms with E-state index in [1.54, 1.807) is 19.1 Å². The van der Waals surface area contributed by atoms with Gasteiger partial charge in [0.25, 0.3) is 5.92 Å². The quantitative estimate of drug-likeness (QED) is 0.768. The lowest BCUT2D eigenvalue weighted by Gasteiger charge is -2.34. The molecule has 0 spiro atoms. The number of nitrogens with zero attached hydrogens (tertiary/aromatic N) is 3. The number of Topliss-reactive ketones (excluding diaryl/α,β-unsaturated/α-hetero) is 1. The lowest BCUT2D eigenvalue weighted by molar-refractivity contribution is -0.134. The molecular weight excluding hydrogens is 378 g/mol. The molecule has 1 N–H and O–H groups in total. The number of carbonyl (C=O) groups is 1. The van der Waals surface area contributed by atoms with E-state index in [0.29, 0.717) is 28.7 Å². The highest BCUT2D eigenvalue weighted by molar-refractivity contribution is 5.82. The summed E-state index contributed by atoms with van der Waals surface area (Å²) in [5.41, 5.74) is 2.84. The maximum Gasteiger partial charge on any atom is 0.255 e. The molecule has 1 aliphatic carbocycles. The molecule has 1 saturated carbocycles. The van der Waals surface area contributed by atoms with Crippen LogP contribution in [0.3, 0.4) is 0 Å². The summed E-state index contributed by atoms with van der Waals surface area (Å²) in [6.07, 6.45) is 0.336. The van der Waals surface area contributed by atoms with Crippen LogP contribution in [0.5, 0.6) is 5.75 Å². The minimum Gasteiger partial charge on any atom is -0.490 e. The third kappa shape index (κ3) is 5.12. The van der Waals surface area contributed by atoms with Gasteiger partial charge in [-0.3, -0.25) is 9.78 Å². The first-order valence-electron chi connectivity index (χ1n) is 9.93. The highest BCUT2D eigenvalue weighted by atomic mass is 19.3. The van der Waals surface area contributed by atoms with E-state index < -0.39 is 12.0 Å². The summed E-state index contributed by atoms with van der Waals surface area (Å²) < 4.78 is 31.6. The van der Waals surface area contributed by atoms with Crippen LogP contribution in [0.4, 0.5) is 8.78 Å². The van der Waals surface area contributed by atoms with Crippen LogP contribution in [0.1, 0.15) is 48.0 Å². The molecule has 8 heteroatoms. The SMILES string of the molecule is Cc1cc(OC2CC(F)(F)C2)cc(CC(=O)Cc2ccc(C3CCNC3)nn2)n1. The number of carbonyl (C=O) groups excluding carboxylic acids is 1. The molecule has 0 amide bonds. The van der Waals surface area contributed by atoms with Gasteiger partial charge in [0.1, 0.15) is 17.6 Å². The second-order valence-corrected chi connectivity index (χ2v) is 7.97. The zero-order valence-electron chi connectivity index (χ0n) is 16.3. The Morgan fingerprint density at radius 2 is 2.00 bits per heavy atom. The van der Waals surface area contributed by atoms with Crippen molar-refractivity contribution in [1.29, 1.82) is 0 Å². The molecule has 0 aromatic carbocycles. The van der Waals surface area contributed by atoms with Crippen LogP contribution in [0, 0.1) is 6.92 Å². The third-order valence-electron chi connectivity index (χ3n) is 5.31. The van der Waals surface area contributed by atoms with Crippen molar-refractivity contribution in [3.05, 3.63) is 47.0 Å². The average molecular weight is 402 g/mol. The van der Waals surface area contributed by atoms with Gasteiger partial charge in [-0.25, -0.2) is 8.78 Å². The number of aromatic nitrogens is 3. The van der Waals surface area contributed by atoms with E-state index >= 15 is 0 Å². The van der Waals surface area contributed by atoms with Gasteiger partial charge in [0, 0.05) is 49.6 Å². The van der Waals surface area contributed by atoms with Gasteiger partial charge in [-0.1, -0.05) is 0 Å². The first-order valence-corrected chi connectivity index (χ1v) is 9.93. The number of nitrogens with one attached hydrogen (secondary N) is 1. The van der Waals surface area contributed by atoms with Crippen molar-refractivity contribution < 1.29 is 18.3 Å². The third-order valence-corrected chi connectivity index (χ3v) is 5.31. The maximum atomic E-state index is 13.0. The van der Waals surface area contributed by atoms with E-state index in [2.05, 4.69) is 20.5 Å². The molecule has 6 nitrogen and oxygen atoms in total. The van der Waals surface area contributed by atoms with E-state index in [1.165, 1.54) is 0 Å². The topological polar surface area (TPSA) is 77.0 Å². The Balaban J connectivity index is 1.34. The molecular formula is C21H24F2N4O2. The molecule has 2 aromatic rings. The lowest BCUT2D eigenvalue weighted by Crippen LogP contribution is -2.43. The van der Waals surface area contributed by atoms with Gasteiger partial charge in [0.05, 0.1) is 23.5 Å². The summed E-state index contributed by atoms with van der Waals surface area (Å²) in [6.45, 7) is 3.69. The maximum absolute atomic E-state index is 13.0. The number of hydrogen-bond donors (Lipinski definition) is 1. The number of halogens is 2. The van der Waals surface area contributed by atoms with Gasteiger partial charge in [-0.2, -0.15) is 10.2 Å². The fourth-order valence-electron chi connectivity index (χ4n) is 3.80. The fraction of sp³-hybridized carbons (Fsp3) is 0.524. The molecule has 2 aliphatic rings. The van der Waals surface area contributed by atoms with Gasteiger partial charge in [-0.15, -0.1) is 0 Å². The van der Waals surface area contributed by atoms with Crippen LogP contribution < -0.4 is 10.1 Å². The predicted octanol–water partition coefficient (Wildman–Crippen LogP) is 2.79.